The second-order valence-electron chi connectivity index (χ2n) is 3.66. The third kappa shape index (κ3) is 2.70. The van der Waals surface area contributed by atoms with E-state index in [1.165, 1.54) is 0 Å². The van der Waals surface area contributed by atoms with Gasteiger partial charge in [-0.1, -0.05) is 6.92 Å². The summed E-state index contributed by atoms with van der Waals surface area (Å²) in [4.78, 5) is 4.13. The van der Waals surface area contributed by atoms with Crippen molar-refractivity contribution in [2.45, 2.75) is 26.4 Å². The van der Waals surface area contributed by atoms with Crippen LogP contribution >= 0.6 is 0 Å². The van der Waals surface area contributed by atoms with E-state index < -0.39 is 0 Å². The molecule has 0 atom stereocenters. The minimum atomic E-state index is 0.656. The number of aryl methyl sites for hydroxylation is 2. The van der Waals surface area contributed by atoms with Crippen LogP contribution in [-0.4, -0.2) is 14.8 Å². The summed E-state index contributed by atoms with van der Waals surface area (Å²) < 4.78 is 7.26. The summed E-state index contributed by atoms with van der Waals surface area (Å²) in [5.41, 5.74) is 0. The third-order valence-corrected chi connectivity index (χ3v) is 2.30. The zero-order chi connectivity index (χ0) is 11.4. The molecule has 0 spiro atoms. The molecule has 0 aliphatic carbocycles. The van der Waals surface area contributed by atoms with Gasteiger partial charge in [-0.3, -0.25) is 4.68 Å². The van der Waals surface area contributed by atoms with Crippen LogP contribution in [0.25, 0.3) is 0 Å². The van der Waals surface area contributed by atoms with Gasteiger partial charge >= 0.3 is 0 Å². The van der Waals surface area contributed by atoms with Crippen LogP contribution in [0.5, 0.6) is 0 Å². The summed E-state index contributed by atoms with van der Waals surface area (Å²) in [6, 6.07) is 4.01. The SMILES string of the molecule is CCc1ccc(CNCc2ncn(C)n2)o1. The van der Waals surface area contributed by atoms with E-state index in [2.05, 4.69) is 22.3 Å². The second-order valence-corrected chi connectivity index (χ2v) is 3.66. The van der Waals surface area contributed by atoms with Crippen molar-refractivity contribution in [1.82, 2.24) is 20.1 Å². The molecule has 16 heavy (non-hydrogen) atoms. The molecule has 2 aromatic heterocycles. The number of nitrogens with zero attached hydrogens (tertiary/aromatic N) is 3. The maximum Gasteiger partial charge on any atom is 0.164 e. The summed E-state index contributed by atoms with van der Waals surface area (Å²) in [5, 5.41) is 7.41. The van der Waals surface area contributed by atoms with Crippen molar-refractivity contribution in [2.75, 3.05) is 0 Å². The van der Waals surface area contributed by atoms with E-state index in [1.807, 2.05) is 19.2 Å². The van der Waals surface area contributed by atoms with Gasteiger partial charge in [-0.25, -0.2) is 4.98 Å². The van der Waals surface area contributed by atoms with Gasteiger partial charge in [0.05, 0.1) is 13.1 Å². The highest BCUT2D eigenvalue weighted by atomic mass is 16.3. The number of nitrogens with one attached hydrogen (secondary N) is 1. The summed E-state index contributed by atoms with van der Waals surface area (Å²) in [6.07, 6.45) is 2.63. The highest BCUT2D eigenvalue weighted by Gasteiger charge is 2.01. The molecule has 0 radical (unpaired) electrons. The van der Waals surface area contributed by atoms with Crippen molar-refractivity contribution in [2.24, 2.45) is 7.05 Å². The smallest absolute Gasteiger partial charge is 0.164 e. The van der Waals surface area contributed by atoms with Gasteiger partial charge in [-0.2, -0.15) is 5.10 Å². The molecule has 0 fully saturated rings. The van der Waals surface area contributed by atoms with Crippen molar-refractivity contribution < 1.29 is 4.42 Å². The van der Waals surface area contributed by atoms with Gasteiger partial charge in [-0.05, 0) is 12.1 Å². The molecule has 0 aromatic carbocycles. The van der Waals surface area contributed by atoms with Crippen molar-refractivity contribution in [3.8, 4) is 0 Å². The highest BCUT2D eigenvalue weighted by molar-refractivity contribution is 5.06. The van der Waals surface area contributed by atoms with Gasteiger partial charge in [0.1, 0.15) is 17.8 Å². The average molecular weight is 220 g/mol. The van der Waals surface area contributed by atoms with Crippen LogP contribution < -0.4 is 5.32 Å². The van der Waals surface area contributed by atoms with E-state index in [0.717, 1.165) is 23.8 Å². The number of rotatable bonds is 5. The quantitative estimate of drug-likeness (QED) is 0.824. The zero-order valence-corrected chi connectivity index (χ0v) is 9.60. The van der Waals surface area contributed by atoms with Gasteiger partial charge in [0.15, 0.2) is 5.82 Å². The number of aromatic nitrogens is 3. The Morgan fingerprint density at radius 1 is 1.31 bits per heavy atom. The summed E-state index contributed by atoms with van der Waals surface area (Å²) in [6.45, 7) is 3.44. The Balaban J connectivity index is 1.79. The van der Waals surface area contributed by atoms with Crippen molar-refractivity contribution in [3.63, 3.8) is 0 Å². The normalized spacial score (nSPS) is 10.9. The average Bonchev–Trinajstić information content (AvgIpc) is 2.88. The predicted octanol–water partition coefficient (Wildman–Crippen LogP) is 1.26. The second kappa shape index (κ2) is 4.94. The van der Waals surface area contributed by atoms with E-state index in [-0.39, 0.29) is 0 Å². The Labute approximate surface area is 94.5 Å². The number of hydrogen-bond donors (Lipinski definition) is 1. The van der Waals surface area contributed by atoms with Crippen LogP contribution in [0.2, 0.25) is 0 Å². The minimum Gasteiger partial charge on any atom is -0.465 e. The first-order chi connectivity index (χ1) is 7.78. The van der Waals surface area contributed by atoms with Crippen molar-refractivity contribution in [1.29, 1.82) is 0 Å². The molecule has 0 bridgehead atoms. The van der Waals surface area contributed by atoms with E-state index in [4.69, 9.17) is 4.42 Å². The van der Waals surface area contributed by atoms with Gasteiger partial charge in [0, 0.05) is 13.5 Å². The van der Waals surface area contributed by atoms with Gasteiger partial charge in [0.25, 0.3) is 0 Å². The molecule has 86 valence electrons. The van der Waals surface area contributed by atoms with Gasteiger partial charge in [-0.15, -0.1) is 0 Å². The Morgan fingerprint density at radius 3 is 2.75 bits per heavy atom. The summed E-state index contributed by atoms with van der Waals surface area (Å²) >= 11 is 0. The van der Waals surface area contributed by atoms with Crippen molar-refractivity contribution in [3.05, 3.63) is 35.8 Å². The van der Waals surface area contributed by atoms with Crippen molar-refractivity contribution >= 4 is 0 Å². The molecular weight excluding hydrogens is 204 g/mol. The zero-order valence-electron chi connectivity index (χ0n) is 9.60. The first-order valence-corrected chi connectivity index (χ1v) is 5.40. The lowest BCUT2D eigenvalue weighted by Crippen LogP contribution is -2.13. The van der Waals surface area contributed by atoms with Crippen LogP contribution in [0.1, 0.15) is 24.3 Å². The minimum absolute atomic E-state index is 0.656. The first kappa shape index (κ1) is 10.9. The van der Waals surface area contributed by atoms with Crippen LogP contribution in [0.3, 0.4) is 0 Å². The largest absolute Gasteiger partial charge is 0.465 e. The topological polar surface area (TPSA) is 55.9 Å². The first-order valence-electron chi connectivity index (χ1n) is 5.40. The highest BCUT2D eigenvalue weighted by Crippen LogP contribution is 2.07. The fourth-order valence-electron chi connectivity index (χ4n) is 1.47. The molecule has 1 N–H and O–H groups in total. The van der Waals surface area contributed by atoms with Crippen LogP contribution in [0.15, 0.2) is 22.9 Å². The Morgan fingerprint density at radius 2 is 2.12 bits per heavy atom. The van der Waals surface area contributed by atoms with Crippen LogP contribution in [-0.2, 0) is 26.6 Å². The Bertz CT molecular complexity index is 446. The van der Waals surface area contributed by atoms with Gasteiger partial charge in [0.2, 0.25) is 0 Å². The molecule has 0 aliphatic rings. The number of hydrogen-bond acceptors (Lipinski definition) is 4. The summed E-state index contributed by atoms with van der Waals surface area (Å²) in [5.74, 6) is 2.77. The third-order valence-electron chi connectivity index (χ3n) is 2.30. The molecule has 0 amide bonds. The molecule has 0 saturated carbocycles. The van der Waals surface area contributed by atoms with Crippen LogP contribution in [0.4, 0.5) is 0 Å². The molecule has 2 rings (SSSR count). The molecular formula is C11H16N4O. The standard InChI is InChI=1S/C11H16N4O/c1-3-9-4-5-10(16-9)6-12-7-11-13-8-15(2)14-11/h4-5,8,12H,3,6-7H2,1-2H3. The van der Waals surface area contributed by atoms with Crippen LogP contribution in [0, 0.1) is 0 Å². The van der Waals surface area contributed by atoms with E-state index in [0.29, 0.717) is 13.1 Å². The lowest BCUT2D eigenvalue weighted by molar-refractivity contribution is 0.448. The molecule has 2 heterocycles. The van der Waals surface area contributed by atoms with Gasteiger partial charge < -0.3 is 9.73 Å². The molecule has 2 aromatic rings. The Kier molecular flexibility index (Phi) is 3.36. The molecule has 5 heteroatoms. The monoisotopic (exact) mass is 220 g/mol. The van der Waals surface area contributed by atoms with E-state index in [9.17, 15) is 0 Å². The fourth-order valence-corrected chi connectivity index (χ4v) is 1.47. The Hall–Kier alpha value is -1.62. The lowest BCUT2D eigenvalue weighted by atomic mass is 10.3. The van der Waals surface area contributed by atoms with E-state index in [1.54, 1.807) is 11.0 Å². The number of furan rings is 1. The molecule has 0 saturated heterocycles. The maximum absolute atomic E-state index is 5.57. The summed E-state index contributed by atoms with van der Waals surface area (Å²) in [7, 11) is 1.86. The molecule has 0 unspecified atom stereocenters. The predicted molar refractivity (Wildman–Crippen MR) is 59.6 cm³/mol. The molecule has 5 nitrogen and oxygen atoms in total. The van der Waals surface area contributed by atoms with E-state index >= 15 is 0 Å². The molecule has 0 aliphatic heterocycles. The lowest BCUT2D eigenvalue weighted by Gasteiger charge is -1.98. The fraction of sp³-hybridized carbons (Fsp3) is 0.455. The maximum atomic E-state index is 5.57.